The second-order valence-corrected chi connectivity index (χ2v) is 4.41. The minimum absolute atomic E-state index is 0.251. The third-order valence-electron chi connectivity index (χ3n) is 2.99. The molecule has 0 amide bonds. The highest BCUT2D eigenvalue weighted by atomic mass is 16.5. The molecule has 1 rings (SSSR count). The molecular weight excluding hydrogens is 212 g/mol. The van der Waals surface area contributed by atoms with Gasteiger partial charge in [0.25, 0.3) is 0 Å². The Labute approximate surface area is 104 Å². The molecule has 0 aliphatic heterocycles. The quantitative estimate of drug-likeness (QED) is 0.523. The smallest absolute Gasteiger partial charge is 0.163 e. The number of Topliss-reactive ketones (excluding diaryl/α,β-unsaturated/α-hetero) is 1. The normalized spacial score (nSPS) is 10.3. The maximum absolute atomic E-state index is 12.0. The molecule has 0 aliphatic carbocycles. The van der Waals surface area contributed by atoms with E-state index in [-0.39, 0.29) is 5.78 Å². The molecular formula is C15H22O2. The summed E-state index contributed by atoms with van der Waals surface area (Å²) in [5, 5.41) is 0. The van der Waals surface area contributed by atoms with E-state index in [4.69, 9.17) is 4.74 Å². The van der Waals surface area contributed by atoms with Gasteiger partial charge in [0, 0.05) is 12.0 Å². The van der Waals surface area contributed by atoms with E-state index in [2.05, 4.69) is 6.92 Å². The molecule has 0 bridgehead atoms. The van der Waals surface area contributed by atoms with Crippen LogP contribution in [0.2, 0.25) is 0 Å². The van der Waals surface area contributed by atoms with Crippen LogP contribution in [-0.2, 0) is 0 Å². The summed E-state index contributed by atoms with van der Waals surface area (Å²) >= 11 is 0. The van der Waals surface area contributed by atoms with Crippen molar-refractivity contribution in [3.63, 3.8) is 0 Å². The maximum atomic E-state index is 12.0. The Morgan fingerprint density at radius 2 is 2.00 bits per heavy atom. The van der Waals surface area contributed by atoms with E-state index in [0.717, 1.165) is 29.7 Å². The van der Waals surface area contributed by atoms with Gasteiger partial charge in [-0.2, -0.15) is 0 Å². The third-order valence-corrected chi connectivity index (χ3v) is 2.99. The van der Waals surface area contributed by atoms with Crippen LogP contribution in [0.25, 0.3) is 0 Å². The number of ketones is 1. The van der Waals surface area contributed by atoms with E-state index in [0.29, 0.717) is 6.42 Å². The van der Waals surface area contributed by atoms with Gasteiger partial charge in [-0.1, -0.05) is 26.2 Å². The number of hydrogen-bond acceptors (Lipinski definition) is 2. The van der Waals surface area contributed by atoms with Crippen molar-refractivity contribution in [2.75, 3.05) is 7.11 Å². The van der Waals surface area contributed by atoms with Crippen LogP contribution in [0, 0.1) is 6.92 Å². The highest BCUT2D eigenvalue weighted by Crippen LogP contribution is 2.19. The van der Waals surface area contributed by atoms with Crippen molar-refractivity contribution in [1.82, 2.24) is 0 Å². The lowest BCUT2D eigenvalue weighted by Gasteiger charge is -2.07. The first-order valence-electron chi connectivity index (χ1n) is 6.37. The van der Waals surface area contributed by atoms with Gasteiger partial charge in [0.2, 0.25) is 0 Å². The fraction of sp³-hybridized carbons (Fsp3) is 0.533. The van der Waals surface area contributed by atoms with Crippen molar-refractivity contribution in [1.29, 1.82) is 0 Å². The lowest BCUT2D eigenvalue weighted by atomic mass is 10.00. The molecule has 0 radical (unpaired) electrons. The molecule has 0 atom stereocenters. The topological polar surface area (TPSA) is 26.3 Å². The number of carbonyl (C=O) groups excluding carboxylic acids is 1. The van der Waals surface area contributed by atoms with Gasteiger partial charge in [-0.3, -0.25) is 4.79 Å². The largest absolute Gasteiger partial charge is 0.497 e. The molecule has 0 aliphatic rings. The van der Waals surface area contributed by atoms with Crippen LogP contribution in [0.1, 0.15) is 54.9 Å². The summed E-state index contributed by atoms with van der Waals surface area (Å²) in [5.41, 5.74) is 1.84. The van der Waals surface area contributed by atoms with Crippen LogP contribution in [0.3, 0.4) is 0 Å². The second kappa shape index (κ2) is 7.10. The Hall–Kier alpha value is -1.31. The van der Waals surface area contributed by atoms with Gasteiger partial charge < -0.3 is 4.74 Å². The van der Waals surface area contributed by atoms with Crippen LogP contribution in [-0.4, -0.2) is 12.9 Å². The van der Waals surface area contributed by atoms with E-state index in [1.54, 1.807) is 7.11 Å². The van der Waals surface area contributed by atoms with Gasteiger partial charge >= 0.3 is 0 Å². The first-order chi connectivity index (χ1) is 8.19. The monoisotopic (exact) mass is 234 g/mol. The van der Waals surface area contributed by atoms with E-state index >= 15 is 0 Å². The van der Waals surface area contributed by atoms with Gasteiger partial charge in [-0.15, -0.1) is 0 Å². The number of rotatable bonds is 7. The van der Waals surface area contributed by atoms with E-state index in [1.807, 2.05) is 25.1 Å². The molecule has 1 aromatic carbocycles. The highest BCUT2D eigenvalue weighted by molar-refractivity contribution is 5.97. The third kappa shape index (κ3) is 4.22. The van der Waals surface area contributed by atoms with Crippen LogP contribution in [0.4, 0.5) is 0 Å². The fourth-order valence-corrected chi connectivity index (χ4v) is 1.92. The number of aryl methyl sites for hydroxylation is 1. The Balaban J connectivity index is 2.57. The Morgan fingerprint density at radius 1 is 1.24 bits per heavy atom. The average Bonchev–Trinajstić information content (AvgIpc) is 2.34. The first-order valence-corrected chi connectivity index (χ1v) is 6.37. The Morgan fingerprint density at radius 3 is 2.59 bits per heavy atom. The van der Waals surface area contributed by atoms with Gasteiger partial charge in [0.1, 0.15) is 5.75 Å². The molecule has 0 spiro atoms. The summed E-state index contributed by atoms with van der Waals surface area (Å²) in [6, 6.07) is 5.64. The van der Waals surface area contributed by atoms with Crippen molar-refractivity contribution in [3.8, 4) is 5.75 Å². The van der Waals surface area contributed by atoms with Crippen LogP contribution < -0.4 is 4.74 Å². The number of hydrogen-bond donors (Lipinski definition) is 0. The zero-order valence-electron chi connectivity index (χ0n) is 11.1. The van der Waals surface area contributed by atoms with Gasteiger partial charge in [0.05, 0.1) is 7.11 Å². The maximum Gasteiger partial charge on any atom is 0.163 e. The lowest BCUT2D eigenvalue weighted by molar-refractivity contribution is 0.0978. The lowest BCUT2D eigenvalue weighted by Crippen LogP contribution is -2.02. The molecule has 0 fully saturated rings. The SMILES string of the molecule is CCCCCCC(=O)c1ccc(OC)cc1C. The van der Waals surface area contributed by atoms with E-state index < -0.39 is 0 Å². The average molecular weight is 234 g/mol. The molecule has 17 heavy (non-hydrogen) atoms. The van der Waals surface area contributed by atoms with Gasteiger partial charge in [0.15, 0.2) is 5.78 Å². The Kier molecular flexibility index (Phi) is 5.75. The van der Waals surface area contributed by atoms with Crippen molar-refractivity contribution in [3.05, 3.63) is 29.3 Å². The summed E-state index contributed by atoms with van der Waals surface area (Å²) < 4.78 is 5.13. The summed E-state index contributed by atoms with van der Waals surface area (Å²) in [7, 11) is 1.64. The number of ether oxygens (including phenoxy) is 1. The van der Waals surface area contributed by atoms with E-state index in [1.165, 1.54) is 12.8 Å². The van der Waals surface area contributed by atoms with Gasteiger partial charge in [-0.25, -0.2) is 0 Å². The molecule has 1 aromatic rings. The number of unbranched alkanes of at least 4 members (excludes halogenated alkanes) is 3. The first kappa shape index (κ1) is 13.8. The predicted octanol–water partition coefficient (Wildman–Crippen LogP) is 4.16. The Bertz CT molecular complexity index is 369. The molecule has 0 heterocycles. The summed E-state index contributed by atoms with van der Waals surface area (Å²) in [5.74, 6) is 1.06. The van der Waals surface area contributed by atoms with Gasteiger partial charge in [-0.05, 0) is 37.1 Å². The molecule has 2 heteroatoms. The molecule has 0 aromatic heterocycles. The van der Waals surface area contributed by atoms with Crippen molar-refractivity contribution >= 4 is 5.78 Å². The predicted molar refractivity (Wildman–Crippen MR) is 70.8 cm³/mol. The molecule has 0 saturated carbocycles. The number of carbonyl (C=O) groups is 1. The zero-order valence-corrected chi connectivity index (χ0v) is 11.1. The summed E-state index contributed by atoms with van der Waals surface area (Å²) in [6.07, 6.45) is 5.23. The second-order valence-electron chi connectivity index (χ2n) is 4.41. The minimum atomic E-state index is 0.251. The van der Waals surface area contributed by atoms with Crippen molar-refractivity contribution in [2.24, 2.45) is 0 Å². The molecule has 0 N–H and O–H groups in total. The highest BCUT2D eigenvalue weighted by Gasteiger charge is 2.09. The molecule has 94 valence electrons. The van der Waals surface area contributed by atoms with E-state index in [9.17, 15) is 4.79 Å². The standard InChI is InChI=1S/C15H22O2/c1-4-5-6-7-8-15(16)14-10-9-13(17-3)11-12(14)2/h9-11H,4-8H2,1-3H3. The van der Waals surface area contributed by atoms with Crippen LogP contribution in [0.5, 0.6) is 5.75 Å². The fourth-order valence-electron chi connectivity index (χ4n) is 1.92. The van der Waals surface area contributed by atoms with Crippen LogP contribution >= 0.6 is 0 Å². The summed E-state index contributed by atoms with van der Waals surface area (Å²) in [6.45, 7) is 4.14. The van der Waals surface area contributed by atoms with Crippen molar-refractivity contribution < 1.29 is 9.53 Å². The zero-order chi connectivity index (χ0) is 12.7. The summed E-state index contributed by atoms with van der Waals surface area (Å²) in [4.78, 5) is 12.0. The van der Waals surface area contributed by atoms with Crippen molar-refractivity contribution in [2.45, 2.75) is 46.0 Å². The number of methoxy groups -OCH3 is 1. The minimum Gasteiger partial charge on any atom is -0.497 e. The molecule has 0 saturated heterocycles. The molecule has 0 unspecified atom stereocenters. The molecule has 2 nitrogen and oxygen atoms in total. The number of benzene rings is 1. The van der Waals surface area contributed by atoms with Crippen LogP contribution in [0.15, 0.2) is 18.2 Å².